The van der Waals surface area contributed by atoms with Gasteiger partial charge in [0.05, 0.1) is 26.4 Å². The standard InChI is InChI=1S/C85H166O17P2/c1-8-10-11-49-59-66-82(87)95-72-80(101-84(89)68-61-55-48-42-36-30-24-18-20-26-32-38-44-51-57-64-77(5)6)74-99-103(91,92)97-70-79(86)71-98-104(93,94)100-75-81(73-96-83(88)67-60-53-46-40-34-28-22-17-16-19-25-31-37-43-50-56-63-76(3)4)102-85(90)69-62-54-47-41-35-29-23-15-13-12-14-21-27-33-39-45-52-58-65-78(7)9-2/h76-81,86H,8-75H2,1-7H3,(H,91,92)(H,93,94)/t78?,79-,80+,81+/m0/s1. The summed E-state index contributed by atoms with van der Waals surface area (Å²) in [7, 11) is -9.92. The number of carbonyl (C=O) groups is 4. The smallest absolute Gasteiger partial charge is 0.462 e. The number of esters is 4. The largest absolute Gasteiger partial charge is 0.472 e. The van der Waals surface area contributed by atoms with E-state index in [2.05, 4.69) is 48.5 Å². The maximum atomic E-state index is 13.1. The lowest BCUT2D eigenvalue weighted by Crippen LogP contribution is -2.30. The first kappa shape index (κ1) is 102. The first-order valence-electron chi connectivity index (χ1n) is 43.9. The van der Waals surface area contributed by atoms with Crippen LogP contribution in [0.15, 0.2) is 0 Å². The van der Waals surface area contributed by atoms with Gasteiger partial charge in [0.1, 0.15) is 19.3 Å². The molecule has 17 nitrogen and oxygen atoms in total. The number of hydrogen-bond acceptors (Lipinski definition) is 15. The van der Waals surface area contributed by atoms with E-state index in [1.54, 1.807) is 0 Å². The molecule has 0 spiro atoms. The number of hydrogen-bond donors (Lipinski definition) is 3. The lowest BCUT2D eigenvalue weighted by atomic mass is 9.99. The second-order valence-corrected chi connectivity index (χ2v) is 34.7. The normalized spacial score (nSPS) is 14.2. The molecule has 0 rings (SSSR count). The molecule has 3 unspecified atom stereocenters. The molecule has 0 aliphatic heterocycles. The summed E-state index contributed by atoms with van der Waals surface area (Å²) < 4.78 is 68.6. The number of aliphatic hydroxyl groups excluding tert-OH is 1. The summed E-state index contributed by atoms with van der Waals surface area (Å²) in [5, 5.41) is 10.6. The van der Waals surface area contributed by atoms with Gasteiger partial charge in [0, 0.05) is 25.7 Å². The number of aliphatic hydroxyl groups is 1. The monoisotopic (exact) mass is 1520 g/mol. The van der Waals surface area contributed by atoms with Crippen molar-refractivity contribution in [2.45, 2.75) is 465 Å². The molecular weight excluding hydrogens is 1350 g/mol. The quantitative estimate of drug-likeness (QED) is 0.0222. The molecule has 0 fully saturated rings. The van der Waals surface area contributed by atoms with E-state index in [0.29, 0.717) is 25.7 Å². The molecule has 6 atom stereocenters. The second-order valence-electron chi connectivity index (χ2n) is 31.8. The first-order chi connectivity index (χ1) is 50.3. The predicted molar refractivity (Wildman–Crippen MR) is 428 cm³/mol. The zero-order chi connectivity index (χ0) is 76.5. The molecule has 19 heteroatoms. The van der Waals surface area contributed by atoms with Gasteiger partial charge in [-0.25, -0.2) is 9.13 Å². The van der Waals surface area contributed by atoms with E-state index in [4.69, 9.17) is 37.0 Å². The van der Waals surface area contributed by atoms with Crippen LogP contribution in [0, 0.1) is 17.8 Å². The van der Waals surface area contributed by atoms with Crippen molar-refractivity contribution < 1.29 is 80.2 Å². The Morgan fingerprint density at radius 2 is 0.490 bits per heavy atom. The maximum absolute atomic E-state index is 13.1. The van der Waals surface area contributed by atoms with Crippen molar-refractivity contribution in [2.24, 2.45) is 17.8 Å². The van der Waals surface area contributed by atoms with Crippen molar-refractivity contribution >= 4 is 39.5 Å². The van der Waals surface area contributed by atoms with Crippen LogP contribution in [-0.2, 0) is 65.4 Å². The highest BCUT2D eigenvalue weighted by molar-refractivity contribution is 7.47. The van der Waals surface area contributed by atoms with Crippen molar-refractivity contribution in [2.75, 3.05) is 39.6 Å². The van der Waals surface area contributed by atoms with Crippen molar-refractivity contribution in [3.8, 4) is 0 Å². The fourth-order valence-electron chi connectivity index (χ4n) is 13.2. The lowest BCUT2D eigenvalue weighted by Gasteiger charge is -2.21. The molecule has 3 N–H and O–H groups in total. The van der Waals surface area contributed by atoms with Crippen molar-refractivity contribution in [3.63, 3.8) is 0 Å². The molecule has 618 valence electrons. The van der Waals surface area contributed by atoms with Crippen LogP contribution in [0.3, 0.4) is 0 Å². The molecule has 0 saturated heterocycles. The molecular formula is C85H166O17P2. The van der Waals surface area contributed by atoms with Crippen LogP contribution in [0.1, 0.15) is 447 Å². The third-order valence-corrected chi connectivity index (χ3v) is 22.1. The third-order valence-electron chi connectivity index (χ3n) is 20.2. The van der Waals surface area contributed by atoms with E-state index >= 15 is 0 Å². The van der Waals surface area contributed by atoms with Gasteiger partial charge in [-0.05, 0) is 43.4 Å². The minimum absolute atomic E-state index is 0.107. The first-order valence-corrected chi connectivity index (χ1v) is 46.9. The van der Waals surface area contributed by atoms with Crippen LogP contribution in [0.5, 0.6) is 0 Å². The molecule has 0 radical (unpaired) electrons. The Labute approximate surface area is 638 Å². The van der Waals surface area contributed by atoms with Gasteiger partial charge in [0.15, 0.2) is 12.2 Å². The summed E-state index contributed by atoms with van der Waals surface area (Å²) in [4.78, 5) is 72.9. The van der Waals surface area contributed by atoms with E-state index < -0.39 is 97.5 Å². The Morgan fingerprint density at radius 1 is 0.279 bits per heavy atom. The van der Waals surface area contributed by atoms with Gasteiger partial charge in [-0.3, -0.25) is 37.3 Å². The Balaban J connectivity index is 5.11. The van der Waals surface area contributed by atoms with Gasteiger partial charge in [-0.2, -0.15) is 0 Å². The second kappa shape index (κ2) is 75.1. The fourth-order valence-corrected chi connectivity index (χ4v) is 14.7. The minimum atomic E-state index is -4.96. The Morgan fingerprint density at radius 3 is 0.731 bits per heavy atom. The summed E-state index contributed by atoms with van der Waals surface area (Å²) in [5.41, 5.74) is 0. The molecule has 0 aliphatic carbocycles. The van der Waals surface area contributed by atoms with Crippen molar-refractivity contribution in [1.29, 1.82) is 0 Å². The maximum Gasteiger partial charge on any atom is 0.472 e. The number of unbranched alkanes of at least 4 members (excludes halogenated alkanes) is 50. The van der Waals surface area contributed by atoms with Crippen LogP contribution in [0.25, 0.3) is 0 Å². The summed E-state index contributed by atoms with van der Waals surface area (Å²) in [6.45, 7) is 12.0. The van der Waals surface area contributed by atoms with Crippen LogP contribution >= 0.6 is 15.6 Å². The minimum Gasteiger partial charge on any atom is -0.462 e. The molecule has 0 saturated carbocycles. The summed E-state index contributed by atoms with van der Waals surface area (Å²) in [5.74, 6) is 0.369. The van der Waals surface area contributed by atoms with Gasteiger partial charge in [-0.1, -0.05) is 395 Å². The average Bonchev–Trinajstić information content (AvgIpc) is 0.902. The summed E-state index contributed by atoms with van der Waals surface area (Å²) >= 11 is 0. The topological polar surface area (TPSA) is 237 Å². The van der Waals surface area contributed by atoms with E-state index in [-0.39, 0.29) is 25.7 Å². The molecule has 0 aromatic heterocycles. The van der Waals surface area contributed by atoms with Crippen molar-refractivity contribution in [1.82, 2.24) is 0 Å². The van der Waals surface area contributed by atoms with E-state index in [1.165, 1.54) is 250 Å². The van der Waals surface area contributed by atoms with Crippen LogP contribution in [0.4, 0.5) is 0 Å². The van der Waals surface area contributed by atoms with Gasteiger partial charge in [0.25, 0.3) is 0 Å². The van der Waals surface area contributed by atoms with Gasteiger partial charge < -0.3 is 33.8 Å². The lowest BCUT2D eigenvalue weighted by molar-refractivity contribution is -0.161. The molecule has 0 aromatic carbocycles. The van der Waals surface area contributed by atoms with Crippen LogP contribution in [0.2, 0.25) is 0 Å². The van der Waals surface area contributed by atoms with Crippen molar-refractivity contribution in [3.05, 3.63) is 0 Å². The molecule has 0 aliphatic rings. The van der Waals surface area contributed by atoms with Gasteiger partial charge >= 0.3 is 39.5 Å². The molecule has 104 heavy (non-hydrogen) atoms. The Hall–Kier alpha value is -1.94. The van der Waals surface area contributed by atoms with Crippen LogP contribution < -0.4 is 0 Å². The van der Waals surface area contributed by atoms with Gasteiger partial charge in [-0.15, -0.1) is 0 Å². The number of phosphoric acid groups is 2. The molecule has 0 bridgehead atoms. The zero-order valence-electron chi connectivity index (χ0n) is 68.5. The van der Waals surface area contributed by atoms with Crippen LogP contribution in [-0.4, -0.2) is 96.7 Å². The number of rotatable bonds is 83. The molecule has 0 heterocycles. The molecule has 0 aromatic rings. The Bertz CT molecular complexity index is 2010. The average molecular weight is 1520 g/mol. The van der Waals surface area contributed by atoms with E-state index in [0.717, 1.165) is 114 Å². The highest BCUT2D eigenvalue weighted by Gasteiger charge is 2.30. The summed E-state index contributed by atoms with van der Waals surface area (Å²) in [6.07, 6.45) is 65.7. The number of ether oxygens (including phenoxy) is 4. The highest BCUT2D eigenvalue weighted by Crippen LogP contribution is 2.45. The number of carbonyl (C=O) groups excluding carboxylic acids is 4. The zero-order valence-corrected chi connectivity index (χ0v) is 70.3. The fraction of sp³-hybridized carbons (Fsp3) is 0.953. The van der Waals surface area contributed by atoms with E-state index in [1.807, 2.05) is 0 Å². The molecule has 0 amide bonds. The highest BCUT2D eigenvalue weighted by atomic mass is 31.2. The third kappa shape index (κ3) is 76.8. The predicted octanol–water partition coefficient (Wildman–Crippen LogP) is 25.7. The SMILES string of the molecule is CCCCCCCC(=O)OC[C@H](COP(=O)(O)OC[C@H](O)COP(=O)(O)OC[C@@H](COC(=O)CCCCCCCCCCCCCCCCCCC(C)C)OC(=O)CCCCCCCCCCCCCCCCCCCCC(C)CC)OC(=O)CCCCCCCCCCCCCCCCCC(C)C. The van der Waals surface area contributed by atoms with E-state index in [9.17, 15) is 43.2 Å². The van der Waals surface area contributed by atoms with Gasteiger partial charge in [0.2, 0.25) is 0 Å². The number of phosphoric ester groups is 2. The Kier molecular flexibility index (Phi) is 73.7. The summed E-state index contributed by atoms with van der Waals surface area (Å²) in [6, 6.07) is 0.